The molecule has 2 N–H and O–H groups in total. The normalized spacial score (nSPS) is 13.0. The van der Waals surface area contributed by atoms with E-state index >= 15 is 0 Å². The second kappa shape index (κ2) is 9.78. The number of nitrogens with one attached hydrogen (secondary N) is 2. The zero-order valence-electron chi connectivity index (χ0n) is 14.5. The number of carbonyl (C=O) groups is 1. The SMILES string of the molecule is CN=C(NCCNC(=O)c1ccccc1Cl)N1CCc2ccccc21.I. The van der Waals surface area contributed by atoms with Gasteiger partial charge in [0.2, 0.25) is 0 Å². The molecule has 0 fully saturated rings. The second-order valence-electron chi connectivity index (χ2n) is 5.74. The average molecular weight is 485 g/mol. The second-order valence-corrected chi connectivity index (χ2v) is 6.15. The smallest absolute Gasteiger partial charge is 0.252 e. The largest absolute Gasteiger partial charge is 0.354 e. The van der Waals surface area contributed by atoms with Gasteiger partial charge in [0.15, 0.2) is 5.96 Å². The number of nitrogens with zero attached hydrogens (tertiary/aromatic N) is 2. The van der Waals surface area contributed by atoms with Gasteiger partial charge in [-0.3, -0.25) is 9.79 Å². The van der Waals surface area contributed by atoms with Crippen molar-refractivity contribution in [1.29, 1.82) is 0 Å². The van der Waals surface area contributed by atoms with Crippen LogP contribution in [-0.4, -0.2) is 38.5 Å². The maximum Gasteiger partial charge on any atom is 0.252 e. The summed E-state index contributed by atoms with van der Waals surface area (Å²) in [5, 5.41) is 6.63. The summed E-state index contributed by atoms with van der Waals surface area (Å²) in [6.07, 6.45) is 1.01. The lowest BCUT2D eigenvalue weighted by molar-refractivity contribution is 0.0954. The van der Waals surface area contributed by atoms with Crippen molar-refractivity contribution in [3.05, 3.63) is 64.7 Å². The number of amides is 1. The Balaban J connectivity index is 0.00000243. The van der Waals surface area contributed by atoms with Gasteiger partial charge in [0.1, 0.15) is 0 Å². The molecule has 138 valence electrons. The van der Waals surface area contributed by atoms with E-state index in [0.29, 0.717) is 23.7 Å². The number of para-hydroxylation sites is 1. The van der Waals surface area contributed by atoms with E-state index in [9.17, 15) is 4.79 Å². The fourth-order valence-corrected chi connectivity index (χ4v) is 3.17. The van der Waals surface area contributed by atoms with Crippen LogP contribution in [0.3, 0.4) is 0 Å². The molecule has 0 unspecified atom stereocenters. The highest BCUT2D eigenvalue weighted by atomic mass is 127. The maximum absolute atomic E-state index is 12.1. The average Bonchev–Trinajstić information content (AvgIpc) is 3.06. The standard InChI is InChI=1S/C19H21ClN4O.HI/c1-21-19(24-13-10-14-6-2-5-9-17(14)24)23-12-11-22-18(25)15-7-3-4-8-16(15)20;/h2-9H,10-13H2,1H3,(H,21,23)(H,22,25);1H. The van der Waals surface area contributed by atoms with Gasteiger partial charge in [-0.25, -0.2) is 0 Å². The molecule has 0 aromatic heterocycles. The van der Waals surface area contributed by atoms with E-state index in [-0.39, 0.29) is 29.9 Å². The highest BCUT2D eigenvalue weighted by Crippen LogP contribution is 2.27. The summed E-state index contributed by atoms with van der Waals surface area (Å²) >= 11 is 6.04. The van der Waals surface area contributed by atoms with Gasteiger partial charge in [0, 0.05) is 32.4 Å². The number of halogens is 2. The summed E-state index contributed by atoms with van der Waals surface area (Å²) < 4.78 is 0. The number of aliphatic imine (C=N–C) groups is 1. The van der Waals surface area contributed by atoms with Crippen molar-refractivity contribution in [2.75, 3.05) is 31.6 Å². The van der Waals surface area contributed by atoms with Gasteiger partial charge in [0.25, 0.3) is 5.91 Å². The van der Waals surface area contributed by atoms with Crippen molar-refractivity contribution in [3.8, 4) is 0 Å². The molecule has 0 aliphatic carbocycles. The number of benzene rings is 2. The third-order valence-electron chi connectivity index (χ3n) is 4.17. The monoisotopic (exact) mass is 484 g/mol. The molecule has 0 atom stereocenters. The zero-order valence-corrected chi connectivity index (χ0v) is 17.6. The van der Waals surface area contributed by atoms with Gasteiger partial charge in [0.05, 0.1) is 10.6 Å². The minimum absolute atomic E-state index is 0. The molecule has 1 aliphatic rings. The molecule has 0 radical (unpaired) electrons. The summed E-state index contributed by atoms with van der Waals surface area (Å²) in [6, 6.07) is 15.4. The lowest BCUT2D eigenvalue weighted by Gasteiger charge is -2.22. The number of carbonyl (C=O) groups excluding carboxylic acids is 1. The Kier molecular flexibility index (Phi) is 7.71. The van der Waals surface area contributed by atoms with Crippen LogP contribution in [0, 0.1) is 0 Å². The predicted molar refractivity (Wildman–Crippen MR) is 118 cm³/mol. The Bertz CT molecular complexity index is 797. The van der Waals surface area contributed by atoms with Crippen LogP contribution < -0.4 is 15.5 Å². The van der Waals surface area contributed by atoms with E-state index in [1.54, 1.807) is 31.3 Å². The topological polar surface area (TPSA) is 56.7 Å². The van der Waals surface area contributed by atoms with Crippen LogP contribution in [0.15, 0.2) is 53.5 Å². The molecule has 2 aromatic rings. The third-order valence-corrected chi connectivity index (χ3v) is 4.50. The first-order chi connectivity index (χ1) is 12.2. The Morgan fingerprint density at radius 2 is 1.81 bits per heavy atom. The molecule has 3 rings (SSSR count). The van der Waals surface area contributed by atoms with Crippen LogP contribution in [-0.2, 0) is 6.42 Å². The summed E-state index contributed by atoms with van der Waals surface area (Å²) in [5.74, 6) is 0.644. The van der Waals surface area contributed by atoms with Gasteiger partial charge >= 0.3 is 0 Å². The van der Waals surface area contributed by atoms with Crippen LogP contribution in [0.5, 0.6) is 0 Å². The summed E-state index contributed by atoms with van der Waals surface area (Å²) in [7, 11) is 1.77. The summed E-state index contributed by atoms with van der Waals surface area (Å²) in [5.41, 5.74) is 3.01. The molecule has 2 aromatic carbocycles. The van der Waals surface area contributed by atoms with E-state index < -0.39 is 0 Å². The number of anilines is 1. The summed E-state index contributed by atoms with van der Waals surface area (Å²) in [4.78, 5) is 18.7. The lowest BCUT2D eigenvalue weighted by Crippen LogP contribution is -2.43. The molecule has 0 spiro atoms. The number of hydrogen-bond donors (Lipinski definition) is 2. The zero-order chi connectivity index (χ0) is 17.6. The molecule has 0 bridgehead atoms. The van der Waals surface area contributed by atoms with Crippen LogP contribution in [0.1, 0.15) is 15.9 Å². The Morgan fingerprint density at radius 3 is 2.58 bits per heavy atom. The number of guanidine groups is 1. The third kappa shape index (κ3) is 4.67. The molecular weight excluding hydrogens is 463 g/mol. The fraction of sp³-hybridized carbons (Fsp3) is 0.263. The molecule has 0 saturated heterocycles. The molecule has 7 heteroatoms. The maximum atomic E-state index is 12.1. The van der Waals surface area contributed by atoms with Crippen LogP contribution in [0.2, 0.25) is 5.02 Å². The van der Waals surface area contributed by atoms with E-state index in [4.69, 9.17) is 11.6 Å². The summed E-state index contributed by atoms with van der Waals surface area (Å²) in [6.45, 7) is 1.98. The molecular formula is C19H22ClIN4O. The first kappa shape index (κ1) is 20.5. The van der Waals surface area contributed by atoms with Gasteiger partial charge in [-0.2, -0.15) is 0 Å². The van der Waals surface area contributed by atoms with E-state index in [1.165, 1.54) is 11.3 Å². The highest BCUT2D eigenvalue weighted by Gasteiger charge is 2.22. The van der Waals surface area contributed by atoms with Gasteiger partial charge in [-0.05, 0) is 30.2 Å². The molecule has 1 aliphatic heterocycles. The fourth-order valence-electron chi connectivity index (χ4n) is 2.94. The van der Waals surface area contributed by atoms with E-state index in [1.807, 2.05) is 6.07 Å². The molecule has 5 nitrogen and oxygen atoms in total. The first-order valence-electron chi connectivity index (χ1n) is 8.29. The van der Waals surface area contributed by atoms with Crippen LogP contribution >= 0.6 is 35.6 Å². The van der Waals surface area contributed by atoms with Crippen molar-refractivity contribution in [2.24, 2.45) is 4.99 Å². The Labute approximate surface area is 175 Å². The Hall–Kier alpha value is -1.80. The van der Waals surface area contributed by atoms with Crippen molar-refractivity contribution >= 4 is 53.1 Å². The Morgan fingerprint density at radius 1 is 1.12 bits per heavy atom. The minimum atomic E-state index is -0.172. The molecule has 26 heavy (non-hydrogen) atoms. The minimum Gasteiger partial charge on any atom is -0.354 e. The number of hydrogen-bond acceptors (Lipinski definition) is 2. The predicted octanol–water partition coefficient (Wildman–Crippen LogP) is 3.33. The van der Waals surface area contributed by atoms with E-state index in [2.05, 4.69) is 38.7 Å². The van der Waals surface area contributed by atoms with Gasteiger partial charge in [-0.15, -0.1) is 24.0 Å². The van der Waals surface area contributed by atoms with Gasteiger partial charge in [-0.1, -0.05) is 41.9 Å². The van der Waals surface area contributed by atoms with E-state index in [0.717, 1.165) is 18.9 Å². The molecule has 1 heterocycles. The highest BCUT2D eigenvalue weighted by molar-refractivity contribution is 14.0. The molecule has 0 saturated carbocycles. The van der Waals surface area contributed by atoms with Crippen molar-refractivity contribution in [2.45, 2.75) is 6.42 Å². The van der Waals surface area contributed by atoms with Crippen molar-refractivity contribution < 1.29 is 4.79 Å². The lowest BCUT2D eigenvalue weighted by atomic mass is 10.2. The molecule has 1 amide bonds. The van der Waals surface area contributed by atoms with Crippen molar-refractivity contribution in [3.63, 3.8) is 0 Å². The van der Waals surface area contributed by atoms with Crippen LogP contribution in [0.4, 0.5) is 5.69 Å². The number of rotatable bonds is 4. The first-order valence-corrected chi connectivity index (χ1v) is 8.67. The number of fused-ring (bicyclic) bond motifs is 1. The van der Waals surface area contributed by atoms with Gasteiger partial charge < -0.3 is 15.5 Å². The van der Waals surface area contributed by atoms with Crippen molar-refractivity contribution in [1.82, 2.24) is 10.6 Å². The van der Waals surface area contributed by atoms with Crippen LogP contribution in [0.25, 0.3) is 0 Å². The quantitative estimate of drug-likeness (QED) is 0.303.